The smallest absolute Gasteiger partial charge is 0.317 e. The van der Waals surface area contributed by atoms with Gasteiger partial charge in [-0.25, -0.2) is 0 Å². The van der Waals surface area contributed by atoms with Gasteiger partial charge in [-0.15, -0.1) is 0 Å². The summed E-state index contributed by atoms with van der Waals surface area (Å²) in [4.78, 5) is 44.0. The number of aliphatic carboxylic acids is 2. The highest BCUT2D eigenvalue weighted by Crippen LogP contribution is 2.22. The summed E-state index contributed by atoms with van der Waals surface area (Å²) in [5.41, 5.74) is -0.373. The molecule has 118 valence electrons. The Kier molecular flexibility index (Phi) is 5.96. The van der Waals surface area contributed by atoms with E-state index in [1.54, 1.807) is 0 Å². The van der Waals surface area contributed by atoms with Gasteiger partial charge in [0.15, 0.2) is 0 Å². The fourth-order valence-electron chi connectivity index (χ4n) is 1.68. The van der Waals surface area contributed by atoms with Gasteiger partial charge in [-0.05, 0) is 6.07 Å². The third-order valence-corrected chi connectivity index (χ3v) is 2.46. The van der Waals surface area contributed by atoms with E-state index in [1.807, 2.05) is 0 Å². The molecule has 0 aromatic heterocycles. The molecule has 0 atom stereocenters. The summed E-state index contributed by atoms with van der Waals surface area (Å²) in [7, 11) is 0. The highest BCUT2D eigenvalue weighted by molar-refractivity contribution is 5.94. The van der Waals surface area contributed by atoms with E-state index in [1.165, 1.54) is 24.3 Å². The molecule has 1 rings (SSSR count). The maximum absolute atomic E-state index is 11.8. The van der Waals surface area contributed by atoms with Gasteiger partial charge in [-0.1, -0.05) is 12.1 Å². The van der Waals surface area contributed by atoms with Gasteiger partial charge in [0.1, 0.15) is 5.69 Å². The standard InChI is InChI=1S/C12H13N3O7/c16-10(5-14(6-11(17)18)7-12(19)20)13-8-3-1-2-4-9(8)15(21)22/h1-4H,5-7H2,(H,13,16)(H,17,18)(H,19,20). The first-order valence-corrected chi connectivity index (χ1v) is 5.99. The number of amides is 1. The molecule has 1 amide bonds. The minimum atomic E-state index is -1.29. The molecule has 0 saturated heterocycles. The molecule has 3 N–H and O–H groups in total. The molecule has 0 unspecified atom stereocenters. The second-order valence-electron chi connectivity index (χ2n) is 4.26. The molecular formula is C12H13N3O7. The zero-order valence-corrected chi connectivity index (χ0v) is 11.3. The Hall–Kier alpha value is -3.01. The number of hydrogen-bond acceptors (Lipinski definition) is 6. The summed E-state index contributed by atoms with van der Waals surface area (Å²) < 4.78 is 0. The zero-order valence-electron chi connectivity index (χ0n) is 11.3. The number of anilines is 1. The normalized spacial score (nSPS) is 10.2. The van der Waals surface area contributed by atoms with Crippen LogP contribution in [-0.2, 0) is 14.4 Å². The van der Waals surface area contributed by atoms with Crippen molar-refractivity contribution in [3.05, 3.63) is 34.4 Å². The maximum Gasteiger partial charge on any atom is 0.317 e. The van der Waals surface area contributed by atoms with Gasteiger partial charge in [0.05, 0.1) is 24.6 Å². The first-order chi connectivity index (χ1) is 10.3. The predicted molar refractivity (Wildman–Crippen MR) is 73.4 cm³/mol. The van der Waals surface area contributed by atoms with E-state index < -0.39 is 42.4 Å². The van der Waals surface area contributed by atoms with Crippen LogP contribution in [0, 0.1) is 10.1 Å². The monoisotopic (exact) mass is 311 g/mol. The first kappa shape index (κ1) is 17.0. The van der Waals surface area contributed by atoms with Gasteiger partial charge < -0.3 is 15.5 Å². The molecule has 1 aromatic rings. The summed E-state index contributed by atoms with van der Waals surface area (Å²) in [6.07, 6.45) is 0. The van der Waals surface area contributed by atoms with Gasteiger partial charge in [0, 0.05) is 6.07 Å². The second-order valence-corrected chi connectivity index (χ2v) is 4.26. The lowest BCUT2D eigenvalue weighted by Crippen LogP contribution is -2.40. The van der Waals surface area contributed by atoms with Gasteiger partial charge >= 0.3 is 11.9 Å². The largest absolute Gasteiger partial charge is 0.480 e. The molecular weight excluding hydrogens is 298 g/mol. The molecule has 0 saturated carbocycles. The van der Waals surface area contributed by atoms with Crippen LogP contribution in [0.5, 0.6) is 0 Å². The third-order valence-electron chi connectivity index (χ3n) is 2.46. The molecule has 0 radical (unpaired) electrons. The average molecular weight is 311 g/mol. The Morgan fingerprint density at radius 3 is 2.14 bits per heavy atom. The van der Waals surface area contributed by atoms with Crippen molar-refractivity contribution in [1.29, 1.82) is 0 Å². The van der Waals surface area contributed by atoms with Crippen LogP contribution >= 0.6 is 0 Å². The fraction of sp³-hybridized carbons (Fsp3) is 0.250. The minimum absolute atomic E-state index is 0.0527. The van der Waals surface area contributed by atoms with Crippen molar-refractivity contribution in [3.63, 3.8) is 0 Å². The van der Waals surface area contributed by atoms with Crippen molar-refractivity contribution in [2.24, 2.45) is 0 Å². The minimum Gasteiger partial charge on any atom is -0.480 e. The summed E-state index contributed by atoms with van der Waals surface area (Å²) in [5.74, 6) is -3.34. The number of hydrogen-bond donors (Lipinski definition) is 3. The van der Waals surface area contributed by atoms with Crippen LogP contribution in [0.2, 0.25) is 0 Å². The molecule has 0 heterocycles. The number of carbonyl (C=O) groups excluding carboxylic acids is 1. The lowest BCUT2D eigenvalue weighted by atomic mass is 10.2. The van der Waals surface area contributed by atoms with E-state index in [0.29, 0.717) is 0 Å². The average Bonchev–Trinajstić information content (AvgIpc) is 2.36. The summed E-state index contributed by atoms with van der Waals surface area (Å²) in [5, 5.41) is 30.4. The van der Waals surface area contributed by atoms with Crippen molar-refractivity contribution >= 4 is 29.2 Å². The van der Waals surface area contributed by atoms with Crippen LogP contribution in [0.4, 0.5) is 11.4 Å². The molecule has 10 heteroatoms. The molecule has 0 aliphatic carbocycles. The van der Waals surface area contributed by atoms with Gasteiger partial charge in [-0.2, -0.15) is 0 Å². The first-order valence-electron chi connectivity index (χ1n) is 5.99. The maximum atomic E-state index is 11.8. The van der Waals surface area contributed by atoms with Gasteiger partial charge in [0.25, 0.3) is 5.69 Å². The molecule has 0 fully saturated rings. The topological polar surface area (TPSA) is 150 Å². The Morgan fingerprint density at radius 1 is 1.09 bits per heavy atom. The number of benzene rings is 1. The molecule has 0 aliphatic heterocycles. The Bertz CT molecular complexity index is 586. The number of nitro benzene ring substituents is 1. The van der Waals surface area contributed by atoms with Crippen LogP contribution in [0.1, 0.15) is 0 Å². The Balaban J connectivity index is 2.77. The number of nitrogens with one attached hydrogen (secondary N) is 1. The van der Waals surface area contributed by atoms with E-state index in [4.69, 9.17) is 10.2 Å². The molecule has 0 aliphatic rings. The Labute approximate surface area is 124 Å². The quantitative estimate of drug-likeness (QED) is 0.448. The Morgan fingerprint density at radius 2 is 1.64 bits per heavy atom. The van der Waals surface area contributed by atoms with Gasteiger partial charge in [-0.3, -0.25) is 29.4 Å². The number of carboxylic acid groups (broad SMARTS) is 2. The van der Waals surface area contributed by atoms with Crippen LogP contribution in [-0.4, -0.2) is 57.5 Å². The number of rotatable bonds is 8. The third kappa shape index (κ3) is 5.54. The number of carboxylic acids is 2. The predicted octanol–water partition coefficient (Wildman–Crippen LogP) is 0.00450. The highest BCUT2D eigenvalue weighted by Gasteiger charge is 2.19. The zero-order chi connectivity index (χ0) is 16.7. The SMILES string of the molecule is O=C(O)CN(CC(=O)O)CC(=O)Nc1ccccc1[N+](=O)[O-]. The lowest BCUT2D eigenvalue weighted by molar-refractivity contribution is -0.383. The van der Waals surface area contributed by atoms with Crippen molar-refractivity contribution in [2.45, 2.75) is 0 Å². The lowest BCUT2D eigenvalue weighted by Gasteiger charge is -2.17. The molecule has 22 heavy (non-hydrogen) atoms. The number of nitrogens with zero attached hydrogens (tertiary/aromatic N) is 2. The van der Waals surface area contributed by atoms with Crippen LogP contribution in [0.15, 0.2) is 24.3 Å². The van der Waals surface area contributed by atoms with E-state index >= 15 is 0 Å². The van der Waals surface area contributed by atoms with Crippen LogP contribution in [0.25, 0.3) is 0 Å². The fourth-order valence-corrected chi connectivity index (χ4v) is 1.68. The van der Waals surface area contributed by atoms with Crippen LogP contribution in [0.3, 0.4) is 0 Å². The highest BCUT2D eigenvalue weighted by atomic mass is 16.6. The van der Waals surface area contributed by atoms with Gasteiger partial charge in [0.2, 0.25) is 5.91 Å². The van der Waals surface area contributed by atoms with E-state index in [0.717, 1.165) is 4.90 Å². The van der Waals surface area contributed by atoms with Crippen LogP contribution < -0.4 is 5.32 Å². The van der Waals surface area contributed by atoms with E-state index in [2.05, 4.69) is 5.32 Å². The van der Waals surface area contributed by atoms with Crippen molar-refractivity contribution in [2.75, 3.05) is 25.0 Å². The molecule has 0 spiro atoms. The summed E-state index contributed by atoms with van der Waals surface area (Å²) in [6.45, 7) is -1.81. The number of para-hydroxylation sites is 2. The number of carbonyl (C=O) groups is 3. The van der Waals surface area contributed by atoms with Crippen molar-refractivity contribution in [1.82, 2.24) is 4.90 Å². The molecule has 1 aromatic carbocycles. The number of nitro groups is 1. The molecule has 0 bridgehead atoms. The summed E-state index contributed by atoms with van der Waals surface area (Å²) >= 11 is 0. The van der Waals surface area contributed by atoms with E-state index in [-0.39, 0.29) is 11.4 Å². The van der Waals surface area contributed by atoms with Crippen molar-refractivity contribution < 1.29 is 29.5 Å². The summed E-state index contributed by atoms with van der Waals surface area (Å²) in [6, 6.07) is 5.42. The van der Waals surface area contributed by atoms with E-state index in [9.17, 15) is 24.5 Å². The molecule has 10 nitrogen and oxygen atoms in total. The second kappa shape index (κ2) is 7.69. The van der Waals surface area contributed by atoms with Crippen molar-refractivity contribution in [3.8, 4) is 0 Å².